The highest BCUT2D eigenvalue weighted by molar-refractivity contribution is 5.81. The lowest BCUT2D eigenvalue weighted by atomic mass is 10.0. The van der Waals surface area contributed by atoms with Crippen molar-refractivity contribution in [2.45, 2.75) is 32.0 Å². The molecule has 1 heterocycles. The molecule has 0 aromatic rings. The number of alkyl halides is 3. The molecule has 1 amide bonds. The molecular weight excluding hydrogens is 211 g/mol. The molecule has 1 unspecified atom stereocenters. The van der Waals surface area contributed by atoms with Gasteiger partial charge in [0.25, 0.3) is 0 Å². The fourth-order valence-electron chi connectivity index (χ4n) is 1.63. The summed E-state index contributed by atoms with van der Waals surface area (Å²) >= 11 is 0. The zero-order valence-electron chi connectivity index (χ0n) is 8.43. The number of amides is 1. The number of rotatable bonds is 3. The van der Waals surface area contributed by atoms with Gasteiger partial charge in [0.2, 0.25) is 0 Å². The zero-order chi connectivity index (χ0) is 11.5. The van der Waals surface area contributed by atoms with Crippen LogP contribution >= 0.6 is 0 Å². The van der Waals surface area contributed by atoms with Crippen molar-refractivity contribution in [1.29, 1.82) is 0 Å². The lowest BCUT2D eigenvalue weighted by molar-refractivity contribution is -0.174. The molecule has 1 aliphatic heterocycles. The minimum Gasteiger partial charge on any atom is -0.381 e. The monoisotopic (exact) mass is 225 g/mol. The minimum atomic E-state index is -4.79. The second kappa shape index (κ2) is 4.83. The van der Waals surface area contributed by atoms with Crippen LogP contribution in [0.1, 0.15) is 19.8 Å². The fraction of sp³-hybridized carbons (Fsp3) is 0.889. The van der Waals surface area contributed by atoms with Gasteiger partial charge in [0.1, 0.15) is 0 Å². The van der Waals surface area contributed by atoms with Gasteiger partial charge in [0.05, 0.1) is 0 Å². The van der Waals surface area contributed by atoms with Crippen LogP contribution in [0.2, 0.25) is 0 Å². The predicted molar refractivity (Wildman–Crippen MR) is 47.2 cm³/mol. The summed E-state index contributed by atoms with van der Waals surface area (Å²) in [7, 11) is 0. The van der Waals surface area contributed by atoms with Crippen molar-refractivity contribution in [3.05, 3.63) is 0 Å². The lowest BCUT2D eigenvalue weighted by Crippen LogP contribution is -2.42. The summed E-state index contributed by atoms with van der Waals surface area (Å²) in [6.45, 7) is 2.80. The van der Waals surface area contributed by atoms with Crippen LogP contribution in [0.4, 0.5) is 13.2 Å². The molecule has 0 spiro atoms. The fourth-order valence-corrected chi connectivity index (χ4v) is 1.63. The molecule has 1 saturated heterocycles. The van der Waals surface area contributed by atoms with Gasteiger partial charge in [-0.15, -0.1) is 0 Å². The van der Waals surface area contributed by atoms with Crippen molar-refractivity contribution in [1.82, 2.24) is 5.32 Å². The Hall–Kier alpha value is -0.780. The van der Waals surface area contributed by atoms with E-state index in [0.29, 0.717) is 19.6 Å². The normalized spacial score (nSPS) is 23.9. The Morgan fingerprint density at radius 1 is 1.60 bits per heavy atom. The first-order valence-corrected chi connectivity index (χ1v) is 4.85. The highest BCUT2D eigenvalue weighted by Crippen LogP contribution is 2.19. The minimum absolute atomic E-state index is 0.258. The van der Waals surface area contributed by atoms with Crippen molar-refractivity contribution in [2.75, 3.05) is 13.2 Å². The van der Waals surface area contributed by atoms with E-state index in [4.69, 9.17) is 4.74 Å². The number of hydrogen-bond acceptors (Lipinski definition) is 2. The summed E-state index contributed by atoms with van der Waals surface area (Å²) < 4.78 is 40.8. The maximum absolute atomic E-state index is 11.9. The number of halogens is 3. The van der Waals surface area contributed by atoms with Crippen molar-refractivity contribution in [3.8, 4) is 0 Å². The summed E-state index contributed by atoms with van der Waals surface area (Å²) in [5, 5.41) is 1.93. The Morgan fingerprint density at radius 2 is 2.27 bits per heavy atom. The molecule has 3 nitrogen and oxygen atoms in total. The maximum atomic E-state index is 11.9. The van der Waals surface area contributed by atoms with Crippen molar-refractivity contribution >= 4 is 5.91 Å². The standard InChI is InChI=1S/C9H14F3NO2/c1-6(4-7-2-3-15-5-7)13-8(14)9(10,11)12/h6-7H,2-5H2,1H3,(H,13,14)/t6-,7?/m1/s1. The maximum Gasteiger partial charge on any atom is 0.471 e. The van der Waals surface area contributed by atoms with Crippen LogP contribution in [0.3, 0.4) is 0 Å². The first-order valence-electron chi connectivity index (χ1n) is 4.85. The summed E-state index contributed by atoms with van der Waals surface area (Å²) in [5.41, 5.74) is 0. The highest BCUT2D eigenvalue weighted by Gasteiger charge is 2.39. The van der Waals surface area contributed by atoms with Crippen LogP contribution in [-0.2, 0) is 9.53 Å². The number of nitrogens with one attached hydrogen (secondary N) is 1. The number of carbonyl (C=O) groups excluding carboxylic acids is 1. The third kappa shape index (κ3) is 4.07. The van der Waals surface area contributed by atoms with Crippen LogP contribution in [0.25, 0.3) is 0 Å². The molecule has 15 heavy (non-hydrogen) atoms. The van der Waals surface area contributed by atoms with Crippen LogP contribution in [0, 0.1) is 5.92 Å². The highest BCUT2D eigenvalue weighted by atomic mass is 19.4. The van der Waals surface area contributed by atoms with Gasteiger partial charge in [0, 0.05) is 19.3 Å². The molecule has 2 atom stereocenters. The van der Waals surface area contributed by atoms with Gasteiger partial charge in [-0.1, -0.05) is 0 Å². The van der Waals surface area contributed by atoms with E-state index in [1.54, 1.807) is 6.92 Å². The zero-order valence-corrected chi connectivity index (χ0v) is 8.43. The van der Waals surface area contributed by atoms with E-state index in [-0.39, 0.29) is 5.92 Å². The van der Waals surface area contributed by atoms with Gasteiger partial charge < -0.3 is 10.1 Å². The van der Waals surface area contributed by atoms with E-state index in [0.717, 1.165) is 6.42 Å². The topological polar surface area (TPSA) is 38.3 Å². The second-order valence-corrected chi connectivity index (χ2v) is 3.84. The Morgan fingerprint density at radius 3 is 2.73 bits per heavy atom. The van der Waals surface area contributed by atoms with Gasteiger partial charge in [-0.05, 0) is 25.7 Å². The first-order chi connectivity index (χ1) is 6.89. The number of carbonyl (C=O) groups is 1. The van der Waals surface area contributed by atoms with Crippen LogP contribution in [0.5, 0.6) is 0 Å². The molecule has 0 aromatic carbocycles. The van der Waals surface area contributed by atoms with Gasteiger partial charge >= 0.3 is 12.1 Å². The molecule has 0 bridgehead atoms. The Labute approximate surface area is 86.0 Å². The summed E-state index contributed by atoms with van der Waals surface area (Å²) in [6, 6.07) is -0.467. The van der Waals surface area contributed by atoms with Gasteiger partial charge in [0.15, 0.2) is 0 Å². The second-order valence-electron chi connectivity index (χ2n) is 3.84. The van der Waals surface area contributed by atoms with E-state index >= 15 is 0 Å². The first kappa shape index (κ1) is 12.3. The van der Waals surface area contributed by atoms with Crippen molar-refractivity contribution in [3.63, 3.8) is 0 Å². The Balaban J connectivity index is 2.28. The average molecular weight is 225 g/mol. The third-order valence-corrected chi connectivity index (χ3v) is 2.35. The van der Waals surface area contributed by atoms with E-state index in [1.807, 2.05) is 5.32 Å². The molecule has 6 heteroatoms. The van der Waals surface area contributed by atoms with E-state index in [2.05, 4.69) is 0 Å². The quantitative estimate of drug-likeness (QED) is 0.790. The third-order valence-electron chi connectivity index (χ3n) is 2.35. The SMILES string of the molecule is C[C@H](CC1CCOC1)NC(=O)C(F)(F)F. The Kier molecular flexibility index (Phi) is 3.96. The Bertz CT molecular complexity index is 224. The molecule has 1 N–H and O–H groups in total. The molecule has 88 valence electrons. The molecule has 0 radical (unpaired) electrons. The molecular formula is C9H14F3NO2. The van der Waals surface area contributed by atoms with Crippen molar-refractivity contribution in [2.24, 2.45) is 5.92 Å². The van der Waals surface area contributed by atoms with Gasteiger partial charge in [-0.25, -0.2) is 0 Å². The van der Waals surface area contributed by atoms with Crippen molar-refractivity contribution < 1.29 is 22.7 Å². The summed E-state index contributed by atoms with van der Waals surface area (Å²) in [4.78, 5) is 10.6. The average Bonchev–Trinajstić information content (AvgIpc) is 2.54. The molecule has 0 aromatic heterocycles. The smallest absolute Gasteiger partial charge is 0.381 e. The molecule has 0 aliphatic carbocycles. The molecule has 0 saturated carbocycles. The molecule has 1 aliphatic rings. The lowest BCUT2D eigenvalue weighted by Gasteiger charge is -2.17. The predicted octanol–water partition coefficient (Wildman–Crippen LogP) is 1.48. The number of ether oxygens (including phenoxy) is 1. The van der Waals surface area contributed by atoms with E-state index < -0.39 is 18.1 Å². The molecule has 1 fully saturated rings. The van der Waals surface area contributed by atoms with Crippen LogP contribution in [-0.4, -0.2) is 31.3 Å². The van der Waals surface area contributed by atoms with E-state index in [9.17, 15) is 18.0 Å². The van der Waals surface area contributed by atoms with Gasteiger partial charge in [-0.3, -0.25) is 4.79 Å². The molecule has 1 rings (SSSR count). The van der Waals surface area contributed by atoms with Crippen LogP contribution < -0.4 is 5.32 Å². The van der Waals surface area contributed by atoms with E-state index in [1.165, 1.54) is 0 Å². The van der Waals surface area contributed by atoms with Crippen LogP contribution in [0.15, 0.2) is 0 Å². The number of hydrogen-bond donors (Lipinski definition) is 1. The summed E-state index contributed by atoms with van der Waals surface area (Å²) in [6.07, 6.45) is -3.41. The summed E-state index contributed by atoms with van der Waals surface area (Å²) in [5.74, 6) is -1.61. The van der Waals surface area contributed by atoms with Gasteiger partial charge in [-0.2, -0.15) is 13.2 Å². The largest absolute Gasteiger partial charge is 0.471 e.